The van der Waals surface area contributed by atoms with Gasteiger partial charge in [0.1, 0.15) is 0 Å². The average molecular weight is 198 g/mol. The number of carbonyl (C=O) groups is 2. The first-order valence-electron chi connectivity index (χ1n) is 4.45. The molecule has 5 heteroatoms. The Morgan fingerprint density at radius 2 is 2.21 bits per heavy atom. The number of aliphatic carboxylic acids is 1. The first-order valence-corrected chi connectivity index (χ1v) is 4.45. The Bertz CT molecular complexity index is 259. The van der Waals surface area contributed by atoms with Gasteiger partial charge in [-0.25, -0.2) is 4.79 Å². The van der Waals surface area contributed by atoms with Gasteiger partial charge >= 0.3 is 12.0 Å². The molecule has 0 aromatic heterocycles. The molecule has 0 radical (unpaired) electrons. The maximum absolute atomic E-state index is 11.3. The molecule has 1 rings (SSSR count). The predicted octanol–water partition coefficient (Wildman–Crippen LogP) is 0.287. The SMILES string of the molecule is C=CC(C)NC(=O)N1CC(C(=O)O)C1. The van der Waals surface area contributed by atoms with Crippen LogP contribution in [0.4, 0.5) is 4.79 Å². The van der Waals surface area contributed by atoms with Crippen molar-refractivity contribution in [3.05, 3.63) is 12.7 Å². The summed E-state index contributed by atoms with van der Waals surface area (Å²) < 4.78 is 0. The minimum absolute atomic E-state index is 0.0913. The lowest BCUT2D eigenvalue weighted by Gasteiger charge is -2.36. The van der Waals surface area contributed by atoms with Gasteiger partial charge < -0.3 is 15.3 Å². The highest BCUT2D eigenvalue weighted by molar-refractivity contribution is 5.80. The van der Waals surface area contributed by atoms with Gasteiger partial charge in [0.2, 0.25) is 0 Å². The van der Waals surface area contributed by atoms with Gasteiger partial charge in [0, 0.05) is 19.1 Å². The third-order valence-corrected chi connectivity index (χ3v) is 2.22. The molecule has 0 aromatic rings. The number of amides is 2. The Labute approximate surface area is 82.4 Å². The molecule has 78 valence electrons. The zero-order valence-corrected chi connectivity index (χ0v) is 8.06. The van der Waals surface area contributed by atoms with Crippen LogP contribution in [0.2, 0.25) is 0 Å². The Hall–Kier alpha value is -1.52. The fourth-order valence-electron chi connectivity index (χ4n) is 1.15. The predicted molar refractivity (Wildman–Crippen MR) is 50.9 cm³/mol. The van der Waals surface area contributed by atoms with Crippen molar-refractivity contribution in [2.24, 2.45) is 5.92 Å². The van der Waals surface area contributed by atoms with Crippen LogP contribution in [0.25, 0.3) is 0 Å². The number of nitrogens with one attached hydrogen (secondary N) is 1. The van der Waals surface area contributed by atoms with E-state index >= 15 is 0 Å². The molecule has 0 spiro atoms. The van der Waals surface area contributed by atoms with Crippen molar-refractivity contribution < 1.29 is 14.7 Å². The molecule has 0 aromatic carbocycles. The maximum atomic E-state index is 11.3. The van der Waals surface area contributed by atoms with Gasteiger partial charge in [-0.3, -0.25) is 4.79 Å². The first kappa shape index (κ1) is 10.6. The molecule has 14 heavy (non-hydrogen) atoms. The quantitative estimate of drug-likeness (QED) is 0.640. The molecule has 1 unspecified atom stereocenters. The topological polar surface area (TPSA) is 69.6 Å². The number of likely N-dealkylation sites (tertiary alicyclic amines) is 1. The Morgan fingerprint density at radius 3 is 2.64 bits per heavy atom. The number of carboxylic acid groups (broad SMARTS) is 1. The zero-order valence-electron chi connectivity index (χ0n) is 8.06. The Balaban J connectivity index is 2.29. The van der Waals surface area contributed by atoms with Crippen LogP contribution in [-0.4, -0.2) is 41.1 Å². The van der Waals surface area contributed by atoms with Crippen molar-refractivity contribution in [2.75, 3.05) is 13.1 Å². The summed E-state index contributed by atoms with van der Waals surface area (Å²) in [5.74, 6) is -1.24. The molecule has 1 heterocycles. The molecule has 5 nitrogen and oxygen atoms in total. The highest BCUT2D eigenvalue weighted by Gasteiger charge is 2.35. The van der Waals surface area contributed by atoms with E-state index in [4.69, 9.17) is 5.11 Å². The fraction of sp³-hybridized carbons (Fsp3) is 0.556. The van der Waals surface area contributed by atoms with E-state index in [1.165, 1.54) is 4.90 Å². The van der Waals surface area contributed by atoms with Gasteiger partial charge in [-0.05, 0) is 6.92 Å². The normalized spacial score (nSPS) is 18.2. The van der Waals surface area contributed by atoms with E-state index in [2.05, 4.69) is 11.9 Å². The number of rotatable bonds is 3. The summed E-state index contributed by atoms with van der Waals surface area (Å²) in [6.45, 7) is 5.93. The van der Waals surface area contributed by atoms with Crippen LogP contribution in [0.5, 0.6) is 0 Å². The highest BCUT2D eigenvalue weighted by Crippen LogP contribution is 2.15. The Kier molecular flexibility index (Phi) is 3.11. The molecule has 1 saturated heterocycles. The number of nitrogens with zero attached hydrogens (tertiary/aromatic N) is 1. The number of carboxylic acids is 1. The summed E-state index contributed by atoms with van der Waals surface area (Å²) in [7, 11) is 0. The maximum Gasteiger partial charge on any atom is 0.317 e. The van der Waals surface area contributed by atoms with E-state index in [0.29, 0.717) is 13.1 Å². The van der Waals surface area contributed by atoms with Crippen LogP contribution in [0.15, 0.2) is 12.7 Å². The fourth-order valence-corrected chi connectivity index (χ4v) is 1.15. The minimum Gasteiger partial charge on any atom is -0.481 e. The molecule has 0 aliphatic carbocycles. The molecule has 2 amide bonds. The highest BCUT2D eigenvalue weighted by atomic mass is 16.4. The molecular weight excluding hydrogens is 184 g/mol. The second kappa shape index (κ2) is 4.13. The van der Waals surface area contributed by atoms with Gasteiger partial charge in [0.15, 0.2) is 0 Å². The van der Waals surface area contributed by atoms with Crippen molar-refractivity contribution in [3.63, 3.8) is 0 Å². The van der Waals surface area contributed by atoms with Crippen molar-refractivity contribution >= 4 is 12.0 Å². The molecule has 1 aliphatic heterocycles. The molecule has 2 N–H and O–H groups in total. The first-order chi connectivity index (χ1) is 6.54. The van der Waals surface area contributed by atoms with Crippen LogP contribution in [0.1, 0.15) is 6.92 Å². The standard InChI is InChI=1S/C9H14N2O3/c1-3-6(2)10-9(14)11-4-7(5-11)8(12)13/h3,6-7H,1,4-5H2,2H3,(H,10,14)(H,12,13). The van der Waals surface area contributed by atoms with E-state index in [0.717, 1.165) is 0 Å². The molecule has 0 saturated carbocycles. The number of carbonyl (C=O) groups excluding carboxylic acids is 1. The second-order valence-corrected chi connectivity index (χ2v) is 3.41. The van der Waals surface area contributed by atoms with Gasteiger partial charge in [-0.1, -0.05) is 6.08 Å². The minimum atomic E-state index is -0.842. The van der Waals surface area contributed by atoms with Crippen molar-refractivity contribution in [2.45, 2.75) is 13.0 Å². The summed E-state index contributed by atoms with van der Waals surface area (Å²) in [6, 6.07) is -0.318. The number of hydrogen-bond donors (Lipinski definition) is 2. The third-order valence-electron chi connectivity index (χ3n) is 2.22. The van der Waals surface area contributed by atoms with E-state index in [9.17, 15) is 9.59 Å². The van der Waals surface area contributed by atoms with Crippen LogP contribution < -0.4 is 5.32 Å². The lowest BCUT2D eigenvalue weighted by atomic mass is 10.0. The number of urea groups is 1. The number of hydrogen-bond acceptors (Lipinski definition) is 2. The Morgan fingerprint density at radius 1 is 1.64 bits per heavy atom. The summed E-state index contributed by atoms with van der Waals surface area (Å²) >= 11 is 0. The second-order valence-electron chi connectivity index (χ2n) is 3.41. The largest absolute Gasteiger partial charge is 0.481 e. The van der Waals surface area contributed by atoms with Crippen molar-refractivity contribution in [1.82, 2.24) is 10.2 Å². The summed E-state index contributed by atoms with van der Waals surface area (Å²) in [4.78, 5) is 23.3. The molecule has 1 atom stereocenters. The summed E-state index contributed by atoms with van der Waals surface area (Å²) in [5, 5.41) is 11.3. The van der Waals surface area contributed by atoms with Gasteiger partial charge in [0.05, 0.1) is 5.92 Å². The lowest BCUT2D eigenvalue weighted by molar-refractivity contribution is -0.146. The zero-order chi connectivity index (χ0) is 10.7. The molecule has 1 fully saturated rings. The lowest BCUT2D eigenvalue weighted by Crippen LogP contribution is -2.57. The van der Waals surface area contributed by atoms with Crippen molar-refractivity contribution in [1.29, 1.82) is 0 Å². The van der Waals surface area contributed by atoms with E-state index in [-0.39, 0.29) is 12.1 Å². The molecular formula is C9H14N2O3. The van der Waals surface area contributed by atoms with Gasteiger partial charge in [-0.15, -0.1) is 6.58 Å². The van der Waals surface area contributed by atoms with E-state index in [1.54, 1.807) is 13.0 Å². The molecule has 1 aliphatic rings. The molecule has 0 bridgehead atoms. The smallest absolute Gasteiger partial charge is 0.317 e. The van der Waals surface area contributed by atoms with Crippen LogP contribution in [-0.2, 0) is 4.79 Å². The summed E-state index contributed by atoms with van der Waals surface area (Å²) in [6.07, 6.45) is 1.62. The van der Waals surface area contributed by atoms with Gasteiger partial charge in [-0.2, -0.15) is 0 Å². The third kappa shape index (κ3) is 2.25. The van der Waals surface area contributed by atoms with Crippen LogP contribution in [0, 0.1) is 5.92 Å². The van der Waals surface area contributed by atoms with Crippen LogP contribution in [0.3, 0.4) is 0 Å². The van der Waals surface area contributed by atoms with Gasteiger partial charge in [0.25, 0.3) is 0 Å². The monoisotopic (exact) mass is 198 g/mol. The average Bonchev–Trinajstić information content (AvgIpc) is 2.00. The van der Waals surface area contributed by atoms with E-state index in [1.807, 2.05) is 0 Å². The van der Waals surface area contributed by atoms with Crippen LogP contribution >= 0.6 is 0 Å². The van der Waals surface area contributed by atoms with E-state index < -0.39 is 11.9 Å². The van der Waals surface area contributed by atoms with Crippen molar-refractivity contribution in [3.8, 4) is 0 Å². The summed E-state index contributed by atoms with van der Waals surface area (Å²) in [5.41, 5.74) is 0.